The third kappa shape index (κ3) is 2.26. The molecule has 0 amide bonds. The molecule has 1 saturated heterocycles. The standard InChI is InChI=1S/C12H19N5OS/c1-3-7(2)9(13)11-16-17-10(8-4-5-18-6-8)14-15-12(17)19-11/h7-9H,3-6,13H2,1-2H3. The summed E-state index contributed by atoms with van der Waals surface area (Å²) in [7, 11) is 0. The summed E-state index contributed by atoms with van der Waals surface area (Å²) in [6.45, 7) is 5.80. The second-order valence-corrected chi connectivity index (χ2v) is 6.15. The molecule has 104 valence electrons. The molecule has 7 heteroatoms. The van der Waals surface area contributed by atoms with Gasteiger partial charge in [-0.3, -0.25) is 0 Å². The fraction of sp³-hybridized carbons (Fsp3) is 0.750. The highest BCUT2D eigenvalue weighted by Crippen LogP contribution is 2.29. The van der Waals surface area contributed by atoms with Crippen LogP contribution in [0.5, 0.6) is 0 Å². The summed E-state index contributed by atoms with van der Waals surface area (Å²) in [6.07, 6.45) is 2.04. The number of ether oxygens (including phenoxy) is 1. The van der Waals surface area contributed by atoms with Gasteiger partial charge in [0.2, 0.25) is 4.96 Å². The Bertz CT molecular complexity index is 559. The van der Waals surface area contributed by atoms with Crippen LogP contribution in [0.4, 0.5) is 0 Å². The highest BCUT2D eigenvalue weighted by molar-refractivity contribution is 7.16. The first-order chi connectivity index (χ1) is 9.20. The number of aromatic nitrogens is 4. The van der Waals surface area contributed by atoms with Crippen LogP contribution in [0.1, 0.15) is 49.5 Å². The SMILES string of the molecule is CCC(C)C(N)c1nn2c(C3CCOC3)nnc2s1. The average Bonchev–Trinajstić information content (AvgIpc) is 3.11. The number of hydrogen-bond acceptors (Lipinski definition) is 6. The van der Waals surface area contributed by atoms with Gasteiger partial charge in [-0.2, -0.15) is 9.61 Å². The lowest BCUT2D eigenvalue weighted by Gasteiger charge is -2.14. The summed E-state index contributed by atoms with van der Waals surface area (Å²) in [5, 5.41) is 14.0. The molecule has 1 aliphatic rings. The monoisotopic (exact) mass is 281 g/mol. The molecular weight excluding hydrogens is 262 g/mol. The molecule has 0 radical (unpaired) electrons. The maximum atomic E-state index is 6.24. The van der Waals surface area contributed by atoms with Gasteiger partial charge in [0.15, 0.2) is 5.82 Å². The Balaban J connectivity index is 1.93. The van der Waals surface area contributed by atoms with Crippen molar-refractivity contribution in [3.63, 3.8) is 0 Å². The zero-order chi connectivity index (χ0) is 13.4. The quantitative estimate of drug-likeness (QED) is 0.923. The Morgan fingerprint density at radius 1 is 1.53 bits per heavy atom. The summed E-state index contributed by atoms with van der Waals surface area (Å²) in [5.74, 6) is 1.64. The molecule has 0 spiro atoms. The molecule has 0 aliphatic carbocycles. The van der Waals surface area contributed by atoms with Crippen LogP contribution in [-0.2, 0) is 4.74 Å². The van der Waals surface area contributed by atoms with Gasteiger partial charge in [-0.05, 0) is 12.3 Å². The lowest BCUT2D eigenvalue weighted by atomic mass is 10.0. The second-order valence-electron chi connectivity index (χ2n) is 5.16. The molecule has 2 aromatic rings. The van der Waals surface area contributed by atoms with Crippen molar-refractivity contribution in [1.29, 1.82) is 0 Å². The Kier molecular flexibility index (Phi) is 3.51. The maximum absolute atomic E-state index is 6.24. The second kappa shape index (κ2) is 5.15. The highest BCUT2D eigenvalue weighted by atomic mass is 32.1. The van der Waals surface area contributed by atoms with Crippen molar-refractivity contribution in [3.05, 3.63) is 10.8 Å². The van der Waals surface area contributed by atoms with Crippen LogP contribution in [-0.4, -0.2) is 33.0 Å². The van der Waals surface area contributed by atoms with Crippen molar-refractivity contribution in [2.75, 3.05) is 13.2 Å². The Morgan fingerprint density at radius 3 is 3.05 bits per heavy atom. The fourth-order valence-corrected chi connectivity index (χ4v) is 3.25. The molecule has 3 heterocycles. The van der Waals surface area contributed by atoms with E-state index in [1.165, 1.54) is 0 Å². The van der Waals surface area contributed by atoms with E-state index in [2.05, 4.69) is 29.1 Å². The fourth-order valence-electron chi connectivity index (χ4n) is 2.27. The van der Waals surface area contributed by atoms with E-state index in [4.69, 9.17) is 10.5 Å². The van der Waals surface area contributed by atoms with E-state index in [-0.39, 0.29) is 6.04 Å². The number of rotatable bonds is 4. The Morgan fingerprint density at radius 2 is 2.37 bits per heavy atom. The molecule has 0 saturated carbocycles. The van der Waals surface area contributed by atoms with Gasteiger partial charge >= 0.3 is 0 Å². The van der Waals surface area contributed by atoms with Crippen LogP contribution in [0.15, 0.2) is 0 Å². The highest BCUT2D eigenvalue weighted by Gasteiger charge is 2.26. The van der Waals surface area contributed by atoms with Crippen LogP contribution in [0.2, 0.25) is 0 Å². The van der Waals surface area contributed by atoms with Crippen LogP contribution < -0.4 is 5.73 Å². The van der Waals surface area contributed by atoms with Crippen LogP contribution in [0, 0.1) is 5.92 Å². The van der Waals surface area contributed by atoms with Gasteiger partial charge in [0.1, 0.15) is 5.01 Å². The number of fused-ring (bicyclic) bond motifs is 1. The number of hydrogen-bond donors (Lipinski definition) is 1. The maximum Gasteiger partial charge on any atom is 0.234 e. The molecule has 3 unspecified atom stereocenters. The smallest absolute Gasteiger partial charge is 0.234 e. The molecule has 1 aliphatic heterocycles. The topological polar surface area (TPSA) is 78.3 Å². The minimum atomic E-state index is -0.0237. The van der Waals surface area contributed by atoms with E-state index < -0.39 is 0 Å². The lowest BCUT2D eigenvalue weighted by molar-refractivity contribution is 0.193. The summed E-state index contributed by atoms with van der Waals surface area (Å²) in [6, 6.07) is -0.0237. The zero-order valence-corrected chi connectivity index (χ0v) is 12.1. The summed E-state index contributed by atoms with van der Waals surface area (Å²) >= 11 is 1.54. The number of nitrogens with zero attached hydrogens (tertiary/aromatic N) is 4. The lowest BCUT2D eigenvalue weighted by Crippen LogP contribution is -2.18. The molecule has 0 aromatic carbocycles. The first-order valence-electron chi connectivity index (χ1n) is 6.76. The van der Waals surface area contributed by atoms with Gasteiger partial charge in [-0.25, -0.2) is 0 Å². The largest absolute Gasteiger partial charge is 0.381 e. The zero-order valence-electron chi connectivity index (χ0n) is 11.2. The molecule has 19 heavy (non-hydrogen) atoms. The molecule has 3 rings (SSSR count). The van der Waals surface area contributed by atoms with E-state index in [1.807, 2.05) is 4.52 Å². The van der Waals surface area contributed by atoms with Gasteiger partial charge in [0.05, 0.1) is 12.6 Å². The van der Waals surface area contributed by atoms with Crippen molar-refractivity contribution in [1.82, 2.24) is 19.8 Å². The molecular formula is C12H19N5OS. The first kappa shape index (κ1) is 13.0. The predicted molar refractivity (Wildman–Crippen MR) is 73.2 cm³/mol. The normalized spacial score (nSPS) is 23.0. The third-order valence-corrected chi connectivity index (χ3v) is 4.87. The van der Waals surface area contributed by atoms with Crippen LogP contribution >= 0.6 is 11.3 Å². The van der Waals surface area contributed by atoms with Crippen molar-refractivity contribution in [2.24, 2.45) is 11.7 Å². The van der Waals surface area contributed by atoms with E-state index in [0.717, 1.165) is 35.2 Å². The van der Waals surface area contributed by atoms with Crippen LogP contribution in [0.3, 0.4) is 0 Å². The van der Waals surface area contributed by atoms with Gasteiger partial charge in [-0.1, -0.05) is 31.6 Å². The Hall–Kier alpha value is -1.05. The van der Waals surface area contributed by atoms with E-state index in [1.54, 1.807) is 11.3 Å². The Labute approximate surface area is 116 Å². The third-order valence-electron chi connectivity index (χ3n) is 3.87. The molecule has 1 fully saturated rings. The van der Waals surface area contributed by atoms with Crippen molar-refractivity contribution in [2.45, 2.75) is 38.6 Å². The minimum Gasteiger partial charge on any atom is -0.381 e. The van der Waals surface area contributed by atoms with Gasteiger partial charge in [-0.15, -0.1) is 10.2 Å². The van der Waals surface area contributed by atoms with E-state index in [0.29, 0.717) is 18.4 Å². The van der Waals surface area contributed by atoms with E-state index in [9.17, 15) is 0 Å². The summed E-state index contributed by atoms with van der Waals surface area (Å²) < 4.78 is 7.26. The summed E-state index contributed by atoms with van der Waals surface area (Å²) in [4.78, 5) is 0.829. The van der Waals surface area contributed by atoms with Crippen molar-refractivity contribution in [3.8, 4) is 0 Å². The van der Waals surface area contributed by atoms with Gasteiger partial charge < -0.3 is 10.5 Å². The van der Waals surface area contributed by atoms with Crippen molar-refractivity contribution < 1.29 is 4.74 Å². The average molecular weight is 281 g/mol. The number of nitrogens with two attached hydrogens (primary N) is 1. The first-order valence-corrected chi connectivity index (χ1v) is 7.57. The molecule has 2 N–H and O–H groups in total. The summed E-state index contributed by atoms with van der Waals surface area (Å²) in [5.41, 5.74) is 6.24. The minimum absolute atomic E-state index is 0.0237. The van der Waals surface area contributed by atoms with Gasteiger partial charge in [0.25, 0.3) is 0 Å². The molecule has 6 nitrogen and oxygen atoms in total. The molecule has 3 atom stereocenters. The van der Waals surface area contributed by atoms with E-state index >= 15 is 0 Å². The molecule has 2 aromatic heterocycles. The predicted octanol–water partition coefficient (Wildman–Crippen LogP) is 1.74. The van der Waals surface area contributed by atoms with Crippen LogP contribution in [0.25, 0.3) is 4.96 Å². The van der Waals surface area contributed by atoms with Gasteiger partial charge in [0, 0.05) is 12.5 Å². The van der Waals surface area contributed by atoms with Crippen molar-refractivity contribution >= 4 is 16.3 Å². The molecule has 0 bridgehead atoms.